The average Bonchev–Trinajstić information content (AvgIpc) is 3.00. The van der Waals surface area contributed by atoms with E-state index in [9.17, 15) is 9.59 Å². The molecule has 1 saturated heterocycles. The number of ether oxygens (including phenoxy) is 1. The SMILES string of the molecule is Cc1nn(-c2ccc(C(=O)N3CCOCC3)cc2)c2c1C(=O)CCC2. The van der Waals surface area contributed by atoms with Gasteiger partial charge in [0.25, 0.3) is 5.91 Å². The number of carbonyl (C=O) groups is 2. The molecular weight excluding hydrogens is 318 g/mol. The Morgan fingerprint density at radius 1 is 1.12 bits per heavy atom. The fourth-order valence-electron chi connectivity index (χ4n) is 3.62. The van der Waals surface area contributed by atoms with Crippen LogP contribution in [0.15, 0.2) is 24.3 Å². The topological polar surface area (TPSA) is 64.4 Å². The van der Waals surface area contributed by atoms with Gasteiger partial charge in [0, 0.05) is 25.1 Å². The summed E-state index contributed by atoms with van der Waals surface area (Å²) in [4.78, 5) is 26.5. The average molecular weight is 339 g/mol. The van der Waals surface area contributed by atoms with Crippen molar-refractivity contribution in [3.8, 4) is 5.69 Å². The summed E-state index contributed by atoms with van der Waals surface area (Å²) in [6, 6.07) is 7.47. The van der Waals surface area contributed by atoms with E-state index in [2.05, 4.69) is 5.10 Å². The van der Waals surface area contributed by atoms with E-state index in [1.807, 2.05) is 40.8 Å². The fraction of sp³-hybridized carbons (Fsp3) is 0.421. The van der Waals surface area contributed by atoms with Crippen LogP contribution >= 0.6 is 0 Å². The maximum Gasteiger partial charge on any atom is 0.254 e. The summed E-state index contributed by atoms with van der Waals surface area (Å²) in [5, 5.41) is 4.56. The molecule has 6 heteroatoms. The third kappa shape index (κ3) is 2.87. The first-order chi connectivity index (χ1) is 12.1. The van der Waals surface area contributed by atoms with Crippen molar-refractivity contribution in [1.29, 1.82) is 0 Å². The van der Waals surface area contributed by atoms with E-state index in [4.69, 9.17) is 4.74 Å². The Morgan fingerprint density at radius 3 is 2.56 bits per heavy atom. The Labute approximate surface area is 146 Å². The number of Topliss-reactive ketones (excluding diaryl/α,β-unsaturated/α-hetero) is 1. The number of fused-ring (bicyclic) bond motifs is 1. The first-order valence-corrected chi connectivity index (χ1v) is 8.74. The minimum atomic E-state index is 0.0312. The van der Waals surface area contributed by atoms with Gasteiger partial charge >= 0.3 is 0 Å². The number of carbonyl (C=O) groups excluding carboxylic acids is 2. The summed E-state index contributed by atoms with van der Waals surface area (Å²) in [6.45, 7) is 4.34. The predicted octanol–water partition coefficient (Wildman–Crippen LogP) is 2.17. The number of amides is 1. The molecule has 1 aliphatic carbocycles. The normalized spacial score (nSPS) is 17.5. The second-order valence-corrected chi connectivity index (χ2v) is 6.55. The number of ketones is 1. The van der Waals surface area contributed by atoms with Gasteiger partial charge in [-0.2, -0.15) is 5.10 Å². The molecule has 0 saturated carbocycles. The van der Waals surface area contributed by atoms with Crippen LogP contribution in [0.4, 0.5) is 0 Å². The van der Waals surface area contributed by atoms with E-state index in [-0.39, 0.29) is 11.7 Å². The Kier molecular flexibility index (Phi) is 4.13. The van der Waals surface area contributed by atoms with Crippen LogP contribution in [-0.4, -0.2) is 52.7 Å². The van der Waals surface area contributed by atoms with Gasteiger partial charge in [-0.05, 0) is 44.0 Å². The molecule has 2 aromatic rings. The molecule has 130 valence electrons. The lowest BCUT2D eigenvalue weighted by Crippen LogP contribution is -2.40. The maximum absolute atomic E-state index is 12.5. The van der Waals surface area contributed by atoms with E-state index in [1.165, 1.54) is 0 Å². The van der Waals surface area contributed by atoms with Gasteiger partial charge < -0.3 is 9.64 Å². The molecular formula is C19H21N3O3. The zero-order valence-electron chi connectivity index (χ0n) is 14.3. The third-order valence-corrected chi connectivity index (χ3v) is 4.91. The zero-order chi connectivity index (χ0) is 17.4. The minimum absolute atomic E-state index is 0.0312. The van der Waals surface area contributed by atoms with E-state index in [0.717, 1.165) is 35.5 Å². The van der Waals surface area contributed by atoms with Crippen molar-refractivity contribution in [2.75, 3.05) is 26.3 Å². The molecule has 1 aromatic heterocycles. The van der Waals surface area contributed by atoms with Gasteiger partial charge in [0.15, 0.2) is 5.78 Å². The number of rotatable bonds is 2. The quantitative estimate of drug-likeness (QED) is 0.841. The monoisotopic (exact) mass is 339 g/mol. The Hall–Kier alpha value is -2.47. The molecule has 4 rings (SSSR count). The smallest absolute Gasteiger partial charge is 0.254 e. The molecule has 0 unspecified atom stereocenters. The minimum Gasteiger partial charge on any atom is -0.378 e. The number of aromatic nitrogens is 2. The summed E-state index contributed by atoms with van der Waals surface area (Å²) >= 11 is 0. The number of aryl methyl sites for hydroxylation is 1. The van der Waals surface area contributed by atoms with Crippen LogP contribution in [0.1, 0.15) is 44.9 Å². The molecule has 0 N–H and O–H groups in total. The van der Waals surface area contributed by atoms with Crippen LogP contribution in [0.3, 0.4) is 0 Å². The van der Waals surface area contributed by atoms with E-state index >= 15 is 0 Å². The Bertz CT molecular complexity index is 817. The molecule has 2 heterocycles. The predicted molar refractivity (Wildman–Crippen MR) is 92.3 cm³/mol. The number of nitrogens with zero attached hydrogens (tertiary/aromatic N) is 3. The van der Waals surface area contributed by atoms with Crippen molar-refractivity contribution in [3.63, 3.8) is 0 Å². The van der Waals surface area contributed by atoms with E-state index in [1.54, 1.807) is 0 Å². The molecule has 25 heavy (non-hydrogen) atoms. The lowest BCUT2D eigenvalue weighted by Gasteiger charge is -2.26. The second kappa shape index (κ2) is 6.44. The summed E-state index contributed by atoms with van der Waals surface area (Å²) < 4.78 is 7.15. The first kappa shape index (κ1) is 16.0. The Balaban J connectivity index is 1.62. The highest BCUT2D eigenvalue weighted by Gasteiger charge is 2.25. The highest BCUT2D eigenvalue weighted by molar-refractivity contribution is 5.99. The highest BCUT2D eigenvalue weighted by atomic mass is 16.5. The van der Waals surface area contributed by atoms with Crippen molar-refractivity contribution in [2.45, 2.75) is 26.2 Å². The number of hydrogen-bond donors (Lipinski definition) is 0. The molecule has 0 atom stereocenters. The molecule has 1 fully saturated rings. The first-order valence-electron chi connectivity index (χ1n) is 8.74. The molecule has 2 aliphatic rings. The lowest BCUT2D eigenvalue weighted by atomic mass is 9.94. The molecule has 1 aromatic carbocycles. The van der Waals surface area contributed by atoms with E-state index in [0.29, 0.717) is 38.3 Å². The number of benzene rings is 1. The molecule has 6 nitrogen and oxygen atoms in total. The van der Waals surface area contributed by atoms with E-state index < -0.39 is 0 Å². The summed E-state index contributed by atoms with van der Waals surface area (Å²) in [5.41, 5.74) is 4.10. The van der Waals surface area contributed by atoms with Gasteiger partial charge in [-0.15, -0.1) is 0 Å². The molecule has 1 amide bonds. The summed E-state index contributed by atoms with van der Waals surface area (Å²) in [6.07, 6.45) is 2.33. The van der Waals surface area contributed by atoms with Crippen LogP contribution < -0.4 is 0 Å². The largest absolute Gasteiger partial charge is 0.378 e. The Morgan fingerprint density at radius 2 is 1.84 bits per heavy atom. The third-order valence-electron chi connectivity index (χ3n) is 4.91. The van der Waals surface area contributed by atoms with Crippen molar-refractivity contribution >= 4 is 11.7 Å². The van der Waals surface area contributed by atoms with Crippen LogP contribution in [0.25, 0.3) is 5.69 Å². The summed E-state index contributed by atoms with van der Waals surface area (Å²) in [7, 11) is 0. The van der Waals surface area contributed by atoms with Crippen LogP contribution in [0, 0.1) is 6.92 Å². The van der Waals surface area contributed by atoms with Gasteiger partial charge in [0.1, 0.15) is 0 Å². The number of hydrogen-bond acceptors (Lipinski definition) is 4. The molecule has 0 bridgehead atoms. The van der Waals surface area contributed by atoms with Crippen molar-refractivity contribution in [3.05, 3.63) is 46.8 Å². The van der Waals surface area contributed by atoms with Gasteiger partial charge in [-0.3, -0.25) is 9.59 Å². The highest BCUT2D eigenvalue weighted by Crippen LogP contribution is 2.26. The van der Waals surface area contributed by atoms with Gasteiger partial charge in [0.2, 0.25) is 0 Å². The second-order valence-electron chi connectivity index (χ2n) is 6.55. The van der Waals surface area contributed by atoms with Crippen LogP contribution in [-0.2, 0) is 11.2 Å². The zero-order valence-corrected chi connectivity index (χ0v) is 14.3. The molecule has 0 spiro atoms. The molecule has 0 radical (unpaired) electrons. The van der Waals surface area contributed by atoms with Crippen LogP contribution in [0.2, 0.25) is 0 Å². The lowest BCUT2D eigenvalue weighted by molar-refractivity contribution is 0.0303. The van der Waals surface area contributed by atoms with Crippen molar-refractivity contribution < 1.29 is 14.3 Å². The summed E-state index contributed by atoms with van der Waals surface area (Å²) in [5.74, 6) is 0.216. The van der Waals surface area contributed by atoms with Crippen molar-refractivity contribution in [1.82, 2.24) is 14.7 Å². The van der Waals surface area contributed by atoms with Gasteiger partial charge in [-0.1, -0.05) is 0 Å². The maximum atomic E-state index is 12.5. The molecule has 1 aliphatic heterocycles. The van der Waals surface area contributed by atoms with Gasteiger partial charge in [-0.25, -0.2) is 4.68 Å². The van der Waals surface area contributed by atoms with Crippen LogP contribution in [0.5, 0.6) is 0 Å². The number of morpholine rings is 1. The fourth-order valence-corrected chi connectivity index (χ4v) is 3.62. The van der Waals surface area contributed by atoms with Crippen molar-refractivity contribution in [2.24, 2.45) is 0 Å². The van der Waals surface area contributed by atoms with Gasteiger partial charge in [0.05, 0.1) is 35.9 Å². The standard InChI is InChI=1S/C19H21N3O3/c1-13-18-16(3-2-4-17(18)23)22(20-13)15-7-5-14(6-8-15)19(24)21-9-11-25-12-10-21/h5-8H,2-4,9-12H2,1H3.